The summed E-state index contributed by atoms with van der Waals surface area (Å²) in [5, 5.41) is 9.45. The predicted octanol–water partition coefficient (Wildman–Crippen LogP) is 4.54. The van der Waals surface area contributed by atoms with Crippen LogP contribution >= 0.6 is 0 Å². The van der Waals surface area contributed by atoms with Crippen LogP contribution < -0.4 is 4.74 Å². The molecular formula is C18H12F3N3O. The number of para-hydroxylation sites is 2. The Balaban J connectivity index is 1.95. The van der Waals surface area contributed by atoms with Crippen LogP contribution in [0.4, 0.5) is 13.2 Å². The minimum absolute atomic E-state index is 0.309. The number of nitriles is 1. The number of hydrogen-bond donors (Lipinski definition) is 0. The van der Waals surface area contributed by atoms with Crippen molar-refractivity contribution in [2.24, 2.45) is 7.05 Å². The molecule has 25 heavy (non-hydrogen) atoms. The molecule has 0 fully saturated rings. The van der Waals surface area contributed by atoms with Crippen LogP contribution in [0.1, 0.15) is 11.4 Å². The third-order valence-corrected chi connectivity index (χ3v) is 3.57. The maximum absolute atomic E-state index is 12.2. The Kier molecular flexibility index (Phi) is 4.19. The highest BCUT2D eigenvalue weighted by Crippen LogP contribution is 2.25. The molecule has 0 aliphatic rings. The number of benzene rings is 2. The van der Waals surface area contributed by atoms with E-state index in [9.17, 15) is 18.4 Å². The minimum atomic E-state index is -4.73. The lowest BCUT2D eigenvalue weighted by Crippen LogP contribution is -2.16. The van der Waals surface area contributed by atoms with Gasteiger partial charge < -0.3 is 9.30 Å². The van der Waals surface area contributed by atoms with E-state index in [1.54, 1.807) is 17.7 Å². The molecule has 0 aliphatic carbocycles. The SMILES string of the molecule is Cn1c(/C(C#N)=C\c2ccc(OC(F)(F)F)cc2)nc2ccccc21. The Morgan fingerprint density at radius 1 is 1.16 bits per heavy atom. The van der Waals surface area contributed by atoms with Gasteiger partial charge in [-0.25, -0.2) is 4.98 Å². The number of aryl methyl sites for hydroxylation is 1. The number of ether oxygens (including phenoxy) is 1. The van der Waals surface area contributed by atoms with Gasteiger partial charge in [0.1, 0.15) is 11.8 Å². The fourth-order valence-corrected chi connectivity index (χ4v) is 2.47. The summed E-state index contributed by atoms with van der Waals surface area (Å²) < 4.78 is 42.2. The molecule has 126 valence electrons. The molecule has 0 spiro atoms. The van der Waals surface area contributed by atoms with Crippen molar-refractivity contribution in [1.82, 2.24) is 9.55 Å². The van der Waals surface area contributed by atoms with E-state index < -0.39 is 6.36 Å². The maximum atomic E-state index is 12.2. The van der Waals surface area contributed by atoms with Crippen molar-refractivity contribution in [3.8, 4) is 11.8 Å². The molecule has 3 rings (SSSR count). The van der Waals surface area contributed by atoms with Crippen LogP contribution in [0.3, 0.4) is 0 Å². The van der Waals surface area contributed by atoms with E-state index in [2.05, 4.69) is 15.8 Å². The van der Waals surface area contributed by atoms with E-state index in [0.717, 1.165) is 11.0 Å². The van der Waals surface area contributed by atoms with E-state index >= 15 is 0 Å². The van der Waals surface area contributed by atoms with Crippen LogP contribution in [0, 0.1) is 11.3 Å². The summed E-state index contributed by atoms with van der Waals surface area (Å²) in [6.45, 7) is 0. The van der Waals surface area contributed by atoms with Crippen LogP contribution in [0.15, 0.2) is 48.5 Å². The molecule has 0 atom stereocenters. The van der Waals surface area contributed by atoms with Crippen LogP contribution in [0.2, 0.25) is 0 Å². The molecule has 0 bridgehead atoms. The maximum Gasteiger partial charge on any atom is 0.573 e. The summed E-state index contributed by atoms with van der Waals surface area (Å²) in [5.41, 5.74) is 2.52. The Bertz CT molecular complexity index is 979. The summed E-state index contributed by atoms with van der Waals surface area (Å²) in [6, 6.07) is 14.8. The molecule has 3 aromatic rings. The minimum Gasteiger partial charge on any atom is -0.406 e. The molecule has 4 nitrogen and oxygen atoms in total. The first-order valence-corrected chi connectivity index (χ1v) is 7.27. The first kappa shape index (κ1) is 16.6. The van der Waals surface area contributed by atoms with E-state index in [1.165, 1.54) is 24.3 Å². The fraction of sp³-hybridized carbons (Fsp3) is 0.111. The van der Waals surface area contributed by atoms with Crippen LogP contribution in [0.5, 0.6) is 5.75 Å². The molecule has 1 aromatic heterocycles. The van der Waals surface area contributed by atoms with Crippen LogP contribution in [0.25, 0.3) is 22.7 Å². The average Bonchev–Trinajstić information content (AvgIpc) is 2.90. The predicted molar refractivity (Wildman–Crippen MR) is 87.3 cm³/mol. The average molecular weight is 343 g/mol. The van der Waals surface area contributed by atoms with Gasteiger partial charge in [-0.1, -0.05) is 24.3 Å². The second-order valence-electron chi connectivity index (χ2n) is 5.27. The summed E-state index contributed by atoms with van der Waals surface area (Å²) >= 11 is 0. The number of aromatic nitrogens is 2. The van der Waals surface area contributed by atoms with Crippen molar-refractivity contribution in [3.63, 3.8) is 0 Å². The van der Waals surface area contributed by atoms with Gasteiger partial charge in [0.25, 0.3) is 0 Å². The molecule has 7 heteroatoms. The number of imidazole rings is 1. The Labute approximate surface area is 141 Å². The molecule has 0 N–H and O–H groups in total. The highest BCUT2D eigenvalue weighted by Gasteiger charge is 2.30. The fourth-order valence-electron chi connectivity index (χ4n) is 2.47. The van der Waals surface area contributed by atoms with E-state index in [1.807, 2.05) is 24.3 Å². The van der Waals surface area contributed by atoms with Gasteiger partial charge in [-0.05, 0) is 35.9 Å². The van der Waals surface area contributed by atoms with Gasteiger partial charge in [-0.2, -0.15) is 5.26 Å². The van der Waals surface area contributed by atoms with Gasteiger partial charge in [0, 0.05) is 7.05 Å². The number of fused-ring (bicyclic) bond motifs is 1. The smallest absolute Gasteiger partial charge is 0.406 e. The van der Waals surface area contributed by atoms with Crippen LogP contribution in [-0.4, -0.2) is 15.9 Å². The summed E-state index contributed by atoms with van der Waals surface area (Å²) in [5.74, 6) is 0.171. The van der Waals surface area contributed by atoms with Crippen molar-refractivity contribution in [3.05, 3.63) is 59.9 Å². The third kappa shape index (κ3) is 3.63. The van der Waals surface area contributed by atoms with E-state index in [0.29, 0.717) is 17.0 Å². The van der Waals surface area contributed by atoms with Crippen molar-refractivity contribution in [2.75, 3.05) is 0 Å². The van der Waals surface area contributed by atoms with Gasteiger partial charge in [0.2, 0.25) is 0 Å². The molecule has 0 saturated carbocycles. The molecule has 0 aliphatic heterocycles. The number of halogens is 3. The van der Waals surface area contributed by atoms with Crippen molar-refractivity contribution < 1.29 is 17.9 Å². The van der Waals surface area contributed by atoms with Crippen molar-refractivity contribution >= 4 is 22.7 Å². The molecule has 0 saturated heterocycles. The summed E-state index contributed by atoms with van der Waals surface area (Å²) in [4.78, 5) is 4.44. The second-order valence-corrected chi connectivity index (χ2v) is 5.27. The van der Waals surface area contributed by atoms with E-state index in [-0.39, 0.29) is 5.75 Å². The molecule has 0 amide bonds. The Hall–Kier alpha value is -3.27. The Morgan fingerprint density at radius 2 is 1.84 bits per heavy atom. The zero-order chi connectivity index (χ0) is 18.0. The molecule has 1 heterocycles. The van der Waals surface area contributed by atoms with E-state index in [4.69, 9.17) is 0 Å². The number of hydrogen-bond acceptors (Lipinski definition) is 3. The summed E-state index contributed by atoms with van der Waals surface area (Å²) in [7, 11) is 1.80. The van der Waals surface area contributed by atoms with Gasteiger partial charge in [-0.3, -0.25) is 0 Å². The topological polar surface area (TPSA) is 50.8 Å². The molecular weight excluding hydrogens is 331 g/mol. The second kappa shape index (κ2) is 6.32. The summed E-state index contributed by atoms with van der Waals surface area (Å²) in [6.07, 6.45) is -3.17. The lowest BCUT2D eigenvalue weighted by Gasteiger charge is -2.08. The van der Waals surface area contributed by atoms with Crippen molar-refractivity contribution in [1.29, 1.82) is 5.26 Å². The highest BCUT2D eigenvalue weighted by molar-refractivity contribution is 5.90. The molecule has 2 aromatic carbocycles. The number of alkyl halides is 3. The molecule has 0 unspecified atom stereocenters. The highest BCUT2D eigenvalue weighted by atomic mass is 19.4. The normalized spacial score (nSPS) is 12.2. The lowest BCUT2D eigenvalue weighted by atomic mass is 10.1. The van der Waals surface area contributed by atoms with Gasteiger partial charge in [0.15, 0.2) is 5.82 Å². The van der Waals surface area contributed by atoms with Gasteiger partial charge in [-0.15, -0.1) is 13.2 Å². The number of allylic oxidation sites excluding steroid dienone is 1. The third-order valence-electron chi connectivity index (χ3n) is 3.57. The van der Waals surface area contributed by atoms with Crippen molar-refractivity contribution in [2.45, 2.75) is 6.36 Å². The van der Waals surface area contributed by atoms with Gasteiger partial charge >= 0.3 is 6.36 Å². The largest absolute Gasteiger partial charge is 0.573 e. The standard InChI is InChI=1S/C18H12F3N3O/c1-24-16-5-3-2-4-15(16)23-17(24)13(11-22)10-12-6-8-14(9-7-12)25-18(19,20)21/h2-10H,1H3/b13-10-. The molecule has 0 radical (unpaired) electrons. The zero-order valence-electron chi connectivity index (χ0n) is 13.1. The Morgan fingerprint density at radius 3 is 2.44 bits per heavy atom. The quantitative estimate of drug-likeness (QED) is 0.656. The first-order chi connectivity index (χ1) is 11.9. The lowest BCUT2D eigenvalue weighted by molar-refractivity contribution is -0.274. The first-order valence-electron chi connectivity index (χ1n) is 7.27. The zero-order valence-corrected chi connectivity index (χ0v) is 13.1. The monoisotopic (exact) mass is 343 g/mol. The van der Waals surface area contributed by atoms with Crippen LogP contribution in [-0.2, 0) is 7.05 Å². The van der Waals surface area contributed by atoms with Gasteiger partial charge in [0.05, 0.1) is 16.6 Å². The number of nitrogens with zero attached hydrogens (tertiary/aromatic N) is 3. The number of rotatable bonds is 3.